The maximum absolute atomic E-state index is 13.3. The second-order valence-corrected chi connectivity index (χ2v) is 9.99. The van der Waals surface area contributed by atoms with Crippen LogP contribution in [0.4, 0.5) is 0 Å². The van der Waals surface area contributed by atoms with E-state index in [2.05, 4.69) is 17.2 Å². The van der Waals surface area contributed by atoms with Crippen molar-refractivity contribution in [1.29, 1.82) is 0 Å². The normalized spacial score (nSPS) is 13.8. The van der Waals surface area contributed by atoms with Gasteiger partial charge in [0.1, 0.15) is 6.54 Å². The van der Waals surface area contributed by atoms with Crippen molar-refractivity contribution in [3.8, 4) is 0 Å². The van der Waals surface area contributed by atoms with Gasteiger partial charge in [0.25, 0.3) is 7.52 Å². The molecule has 0 aliphatic rings. The standard InChI is InChI=1S/C24H33N2O5P/c1-3-31-32(30,17-11-10-14-21-12-6-4-7-13-21)25-20(2)24(29)26(19-23(27)28)18-22-15-8-5-9-16-22/h4-9,12-13,15-16,20H,3,10-11,14,17-19H2,1-2H3,(H,25,30)(H,27,28)/t20-,32?/m0/s1. The highest BCUT2D eigenvalue weighted by Crippen LogP contribution is 2.44. The summed E-state index contributed by atoms with van der Waals surface area (Å²) in [4.78, 5) is 25.6. The minimum absolute atomic E-state index is 0.161. The fraction of sp³-hybridized carbons (Fsp3) is 0.417. The zero-order chi connectivity index (χ0) is 23.4. The molecule has 0 saturated heterocycles. The first kappa shape index (κ1) is 25.8. The summed E-state index contributed by atoms with van der Waals surface area (Å²) in [6.45, 7) is 3.34. The Labute approximate surface area is 190 Å². The smallest absolute Gasteiger partial charge is 0.323 e. The lowest BCUT2D eigenvalue weighted by molar-refractivity contribution is -0.145. The van der Waals surface area contributed by atoms with Gasteiger partial charge in [-0.3, -0.25) is 14.2 Å². The fourth-order valence-corrected chi connectivity index (χ4v) is 5.56. The number of hydrogen-bond acceptors (Lipinski definition) is 4. The first-order valence-electron chi connectivity index (χ1n) is 10.9. The number of rotatable bonds is 14. The topological polar surface area (TPSA) is 95.9 Å². The van der Waals surface area contributed by atoms with Gasteiger partial charge in [-0.2, -0.15) is 0 Å². The molecule has 2 rings (SSSR count). The molecule has 2 aromatic carbocycles. The predicted octanol–water partition coefficient (Wildman–Crippen LogP) is 4.33. The second kappa shape index (κ2) is 13.2. The van der Waals surface area contributed by atoms with Crippen molar-refractivity contribution >= 4 is 19.4 Å². The van der Waals surface area contributed by atoms with Crippen molar-refractivity contribution in [2.75, 3.05) is 19.3 Å². The molecule has 8 heteroatoms. The van der Waals surface area contributed by atoms with Crippen LogP contribution in [-0.4, -0.2) is 47.2 Å². The van der Waals surface area contributed by atoms with Crippen molar-refractivity contribution in [2.45, 2.75) is 45.7 Å². The Morgan fingerprint density at radius 1 is 1.03 bits per heavy atom. The summed E-state index contributed by atoms with van der Waals surface area (Å²) in [5.74, 6) is -1.53. The summed E-state index contributed by atoms with van der Waals surface area (Å²) in [7, 11) is -3.25. The number of aryl methyl sites for hydroxylation is 1. The van der Waals surface area contributed by atoms with Gasteiger partial charge in [0, 0.05) is 12.7 Å². The number of carbonyl (C=O) groups excluding carboxylic acids is 1. The number of carboxylic acid groups (broad SMARTS) is 1. The Morgan fingerprint density at radius 3 is 2.19 bits per heavy atom. The van der Waals surface area contributed by atoms with Crippen molar-refractivity contribution in [3.63, 3.8) is 0 Å². The van der Waals surface area contributed by atoms with E-state index in [1.54, 1.807) is 13.8 Å². The van der Waals surface area contributed by atoms with Gasteiger partial charge < -0.3 is 14.5 Å². The number of carboxylic acids is 1. The Morgan fingerprint density at radius 2 is 1.62 bits per heavy atom. The zero-order valence-corrected chi connectivity index (χ0v) is 19.7. The lowest BCUT2D eigenvalue weighted by Crippen LogP contribution is -2.45. The van der Waals surface area contributed by atoms with Crippen LogP contribution in [0, 0.1) is 0 Å². The van der Waals surface area contributed by atoms with Gasteiger partial charge in [0.2, 0.25) is 5.91 Å². The number of benzene rings is 2. The van der Waals surface area contributed by atoms with Crippen molar-refractivity contribution in [2.24, 2.45) is 0 Å². The van der Waals surface area contributed by atoms with E-state index in [0.717, 1.165) is 18.4 Å². The molecule has 0 spiro atoms. The van der Waals surface area contributed by atoms with E-state index in [0.29, 0.717) is 12.6 Å². The molecular formula is C24H33N2O5P. The van der Waals surface area contributed by atoms with Crippen LogP contribution in [0.15, 0.2) is 60.7 Å². The maximum Gasteiger partial charge on any atom is 0.323 e. The van der Waals surface area contributed by atoms with E-state index < -0.39 is 32.0 Å². The molecular weight excluding hydrogens is 427 g/mol. The lowest BCUT2D eigenvalue weighted by Gasteiger charge is -2.28. The van der Waals surface area contributed by atoms with Gasteiger partial charge in [-0.25, -0.2) is 5.09 Å². The molecule has 2 aromatic rings. The van der Waals surface area contributed by atoms with Crippen LogP contribution >= 0.6 is 7.52 Å². The monoisotopic (exact) mass is 460 g/mol. The Bertz CT molecular complexity index is 892. The van der Waals surface area contributed by atoms with Crippen LogP contribution in [0.1, 0.15) is 37.8 Å². The molecule has 7 nitrogen and oxygen atoms in total. The molecule has 32 heavy (non-hydrogen) atoms. The average molecular weight is 461 g/mol. The van der Waals surface area contributed by atoms with E-state index >= 15 is 0 Å². The number of unbranched alkanes of at least 4 members (excludes halogenated alkanes) is 1. The van der Waals surface area contributed by atoms with Crippen LogP contribution in [0.25, 0.3) is 0 Å². The lowest BCUT2D eigenvalue weighted by atomic mass is 10.1. The summed E-state index contributed by atoms with van der Waals surface area (Å²) in [5.41, 5.74) is 2.05. The molecule has 0 fully saturated rings. The van der Waals surface area contributed by atoms with Gasteiger partial charge in [-0.05, 0) is 44.2 Å². The van der Waals surface area contributed by atoms with Crippen LogP contribution in [0.5, 0.6) is 0 Å². The number of nitrogens with one attached hydrogen (secondary N) is 1. The molecule has 0 aliphatic carbocycles. The van der Waals surface area contributed by atoms with Gasteiger partial charge in [0.05, 0.1) is 12.6 Å². The summed E-state index contributed by atoms with van der Waals surface area (Å²) in [6, 6.07) is 18.4. The van der Waals surface area contributed by atoms with Crippen LogP contribution in [0.3, 0.4) is 0 Å². The van der Waals surface area contributed by atoms with E-state index in [1.165, 1.54) is 10.5 Å². The van der Waals surface area contributed by atoms with E-state index in [1.807, 2.05) is 48.5 Å². The molecule has 2 atom stereocenters. The number of hydrogen-bond donors (Lipinski definition) is 2. The molecule has 0 bridgehead atoms. The SMILES string of the molecule is CCOP(=O)(CCCCc1ccccc1)N[C@@H](C)C(=O)N(CC(=O)O)Cc1ccccc1. The molecule has 0 radical (unpaired) electrons. The Kier molecular flexibility index (Phi) is 10.6. The van der Waals surface area contributed by atoms with E-state index in [9.17, 15) is 19.3 Å². The number of carbonyl (C=O) groups is 2. The molecule has 1 amide bonds. The Hall–Kier alpha value is -2.47. The number of nitrogens with zero attached hydrogens (tertiary/aromatic N) is 1. The number of aliphatic carboxylic acids is 1. The molecule has 0 heterocycles. The van der Waals surface area contributed by atoms with E-state index in [-0.39, 0.29) is 13.2 Å². The van der Waals surface area contributed by atoms with Crippen molar-refractivity contribution in [1.82, 2.24) is 9.99 Å². The summed E-state index contributed by atoms with van der Waals surface area (Å²) >= 11 is 0. The van der Waals surface area contributed by atoms with Gasteiger partial charge >= 0.3 is 5.97 Å². The summed E-state index contributed by atoms with van der Waals surface area (Å²) in [6.07, 6.45) is 2.72. The minimum atomic E-state index is -3.25. The van der Waals surface area contributed by atoms with Gasteiger partial charge in [-0.15, -0.1) is 0 Å². The highest BCUT2D eigenvalue weighted by Gasteiger charge is 2.30. The van der Waals surface area contributed by atoms with Gasteiger partial charge in [-0.1, -0.05) is 60.7 Å². The third-order valence-corrected chi connectivity index (χ3v) is 7.32. The fourth-order valence-electron chi connectivity index (χ4n) is 3.47. The molecule has 1 unspecified atom stereocenters. The highest BCUT2D eigenvalue weighted by atomic mass is 31.2. The zero-order valence-electron chi connectivity index (χ0n) is 18.8. The molecule has 0 aromatic heterocycles. The van der Waals surface area contributed by atoms with Crippen LogP contribution in [-0.2, 0) is 31.6 Å². The first-order chi connectivity index (χ1) is 15.3. The van der Waals surface area contributed by atoms with E-state index in [4.69, 9.17) is 4.52 Å². The predicted molar refractivity (Wildman–Crippen MR) is 126 cm³/mol. The Balaban J connectivity index is 1.97. The second-order valence-electron chi connectivity index (χ2n) is 7.68. The third kappa shape index (κ3) is 8.95. The average Bonchev–Trinajstić information content (AvgIpc) is 2.77. The third-order valence-electron chi connectivity index (χ3n) is 4.96. The first-order valence-corrected chi connectivity index (χ1v) is 12.7. The summed E-state index contributed by atoms with van der Waals surface area (Å²) < 4.78 is 18.9. The summed E-state index contributed by atoms with van der Waals surface area (Å²) in [5, 5.41) is 12.1. The maximum atomic E-state index is 13.3. The van der Waals surface area contributed by atoms with Gasteiger partial charge in [0.15, 0.2) is 0 Å². The van der Waals surface area contributed by atoms with Crippen molar-refractivity contribution in [3.05, 3.63) is 71.8 Å². The molecule has 174 valence electrons. The minimum Gasteiger partial charge on any atom is -0.480 e. The largest absolute Gasteiger partial charge is 0.480 e. The molecule has 2 N–H and O–H groups in total. The molecule has 0 saturated carbocycles. The van der Waals surface area contributed by atoms with Crippen LogP contribution in [0.2, 0.25) is 0 Å². The highest BCUT2D eigenvalue weighted by molar-refractivity contribution is 7.56. The molecule has 0 aliphatic heterocycles. The van der Waals surface area contributed by atoms with Crippen LogP contribution < -0.4 is 5.09 Å². The number of amides is 1. The quantitative estimate of drug-likeness (QED) is 0.322. The van der Waals surface area contributed by atoms with Crippen molar-refractivity contribution < 1.29 is 23.8 Å².